The zero-order chi connectivity index (χ0) is 23.5. The molecule has 34 heavy (non-hydrogen) atoms. The van der Waals surface area contributed by atoms with Crippen molar-refractivity contribution in [3.05, 3.63) is 59.7 Å². The first kappa shape index (κ1) is 22.9. The molecule has 2 aromatic rings. The predicted molar refractivity (Wildman–Crippen MR) is 128 cm³/mol. The van der Waals surface area contributed by atoms with Crippen molar-refractivity contribution in [2.75, 3.05) is 18.5 Å². The smallest absolute Gasteiger partial charge is 0.224 e. The fraction of sp³-hybridized carbons (Fsp3) is 0.481. The molecule has 180 valence electrons. The number of hydrogen-bond acceptors (Lipinski definition) is 5. The summed E-state index contributed by atoms with van der Waals surface area (Å²) in [6, 6.07) is 15.7. The van der Waals surface area contributed by atoms with E-state index in [0.717, 1.165) is 36.3 Å². The number of fused-ring (bicyclic) bond motifs is 3. The molecule has 0 bridgehead atoms. The van der Waals surface area contributed by atoms with Crippen LogP contribution in [-0.2, 0) is 20.7 Å². The van der Waals surface area contributed by atoms with Crippen LogP contribution in [0.1, 0.15) is 49.1 Å². The molecule has 1 aliphatic carbocycles. The molecule has 2 amide bonds. The van der Waals surface area contributed by atoms with Crippen LogP contribution < -0.4 is 15.4 Å². The molecule has 5 rings (SSSR count). The molecular weight excluding hydrogens is 432 g/mol. The van der Waals surface area contributed by atoms with Gasteiger partial charge in [0.1, 0.15) is 18.0 Å². The Morgan fingerprint density at radius 3 is 2.62 bits per heavy atom. The number of amides is 2. The third-order valence-corrected chi connectivity index (χ3v) is 6.95. The Morgan fingerprint density at radius 1 is 1.03 bits per heavy atom. The van der Waals surface area contributed by atoms with Gasteiger partial charge in [-0.3, -0.25) is 9.59 Å². The average Bonchev–Trinajstić information content (AvgIpc) is 3.57. The summed E-state index contributed by atoms with van der Waals surface area (Å²) in [6.45, 7) is 0.396. The number of nitrogens with one attached hydrogen (secondary N) is 2. The van der Waals surface area contributed by atoms with Gasteiger partial charge in [-0.2, -0.15) is 0 Å². The number of carbonyl (C=O) groups excluding carboxylic acids is 2. The van der Waals surface area contributed by atoms with Crippen LogP contribution in [0.4, 0.5) is 5.69 Å². The number of carbonyl (C=O) groups is 2. The van der Waals surface area contributed by atoms with Gasteiger partial charge in [0.15, 0.2) is 0 Å². The second-order valence-electron chi connectivity index (χ2n) is 9.64. The van der Waals surface area contributed by atoms with Crippen LogP contribution >= 0.6 is 0 Å². The average molecular weight is 465 g/mol. The summed E-state index contributed by atoms with van der Waals surface area (Å²) in [5, 5.41) is 15.9. The van der Waals surface area contributed by atoms with Gasteiger partial charge < -0.3 is 25.2 Å². The first-order chi connectivity index (χ1) is 16.6. The first-order valence-corrected chi connectivity index (χ1v) is 12.3. The van der Waals surface area contributed by atoms with Gasteiger partial charge in [-0.05, 0) is 55.4 Å². The number of rotatable bonds is 9. The summed E-state index contributed by atoms with van der Waals surface area (Å²) in [5.41, 5.74) is 2.95. The zero-order valence-electron chi connectivity index (χ0n) is 19.2. The van der Waals surface area contributed by atoms with Gasteiger partial charge in [0.05, 0.1) is 19.1 Å². The molecule has 1 saturated carbocycles. The van der Waals surface area contributed by atoms with E-state index in [0.29, 0.717) is 25.3 Å². The lowest BCUT2D eigenvalue weighted by molar-refractivity contribution is -0.142. The molecule has 7 heteroatoms. The minimum atomic E-state index is -0.499. The number of hydrogen-bond donors (Lipinski definition) is 3. The van der Waals surface area contributed by atoms with Crippen molar-refractivity contribution in [2.45, 2.75) is 62.8 Å². The Bertz CT molecular complexity index is 1020. The third-order valence-electron chi connectivity index (χ3n) is 6.95. The topological polar surface area (TPSA) is 96.9 Å². The van der Waals surface area contributed by atoms with Gasteiger partial charge in [0.2, 0.25) is 11.8 Å². The lowest BCUT2D eigenvalue weighted by Gasteiger charge is -2.37. The number of aliphatic hydroxyl groups is 1. The molecule has 3 aliphatic rings. The zero-order valence-corrected chi connectivity index (χ0v) is 19.2. The fourth-order valence-electron chi connectivity index (χ4n) is 5.03. The lowest BCUT2D eigenvalue weighted by atomic mass is 9.84. The van der Waals surface area contributed by atoms with Crippen molar-refractivity contribution in [2.24, 2.45) is 5.92 Å². The monoisotopic (exact) mass is 464 g/mol. The highest BCUT2D eigenvalue weighted by Gasteiger charge is 2.46. The Morgan fingerprint density at radius 2 is 1.85 bits per heavy atom. The van der Waals surface area contributed by atoms with Crippen LogP contribution in [0, 0.1) is 5.92 Å². The summed E-state index contributed by atoms with van der Waals surface area (Å²) in [5.74, 6) is 1.27. The van der Waals surface area contributed by atoms with Crippen LogP contribution in [0.3, 0.4) is 0 Å². The van der Waals surface area contributed by atoms with E-state index in [4.69, 9.17) is 9.47 Å². The van der Waals surface area contributed by atoms with Gasteiger partial charge in [0, 0.05) is 30.1 Å². The van der Waals surface area contributed by atoms with E-state index in [1.54, 1.807) is 0 Å². The van der Waals surface area contributed by atoms with Crippen molar-refractivity contribution in [1.29, 1.82) is 0 Å². The summed E-state index contributed by atoms with van der Waals surface area (Å²) in [4.78, 5) is 24.8. The van der Waals surface area contributed by atoms with Crippen molar-refractivity contribution < 1.29 is 24.2 Å². The molecule has 7 nitrogen and oxygen atoms in total. The number of benzene rings is 2. The van der Waals surface area contributed by atoms with E-state index in [1.807, 2.05) is 48.5 Å². The summed E-state index contributed by atoms with van der Waals surface area (Å²) in [7, 11) is 0. The van der Waals surface area contributed by atoms with Crippen LogP contribution in [0.2, 0.25) is 0 Å². The molecule has 4 atom stereocenters. The van der Waals surface area contributed by atoms with Crippen LogP contribution in [-0.4, -0.2) is 48.4 Å². The molecule has 3 N–H and O–H groups in total. The highest BCUT2D eigenvalue weighted by Crippen LogP contribution is 2.47. The van der Waals surface area contributed by atoms with Crippen molar-refractivity contribution in [3.63, 3.8) is 0 Å². The lowest BCUT2D eigenvalue weighted by Crippen LogP contribution is -2.47. The summed E-state index contributed by atoms with van der Waals surface area (Å²) >= 11 is 0. The molecular formula is C27H32N2O5. The Kier molecular flexibility index (Phi) is 6.83. The second kappa shape index (κ2) is 10.2. The maximum absolute atomic E-state index is 12.6. The first-order valence-electron chi connectivity index (χ1n) is 12.3. The van der Waals surface area contributed by atoms with E-state index in [2.05, 4.69) is 10.6 Å². The molecule has 2 aromatic carbocycles. The third kappa shape index (κ3) is 5.42. The van der Waals surface area contributed by atoms with Crippen molar-refractivity contribution >= 4 is 17.5 Å². The highest BCUT2D eigenvalue weighted by atomic mass is 16.6. The minimum absolute atomic E-state index is 0.00306. The predicted octanol–water partition coefficient (Wildman–Crippen LogP) is 3.17. The van der Waals surface area contributed by atoms with Gasteiger partial charge >= 0.3 is 0 Å². The molecule has 2 fully saturated rings. The van der Waals surface area contributed by atoms with E-state index in [1.165, 1.54) is 5.56 Å². The van der Waals surface area contributed by atoms with E-state index in [9.17, 15) is 14.7 Å². The van der Waals surface area contributed by atoms with Crippen LogP contribution in [0.5, 0.6) is 5.75 Å². The largest absolute Gasteiger partial charge is 0.487 e. The van der Waals surface area contributed by atoms with E-state index >= 15 is 0 Å². The summed E-state index contributed by atoms with van der Waals surface area (Å²) in [6.07, 6.45) is 3.38. The van der Waals surface area contributed by atoms with Crippen molar-refractivity contribution in [1.82, 2.24) is 5.32 Å². The van der Waals surface area contributed by atoms with Crippen molar-refractivity contribution in [3.8, 4) is 5.75 Å². The standard InChI is InChI=1S/C27H32N2O5/c30-16-24-27-22(14-20(33-24)15-25(31)28-11-10-17-4-2-1-3-5-17)21-13-19(8-9-23(21)34-27)29-26(32)12-18-6-7-18/h1-5,8-9,13,18,20,22,24,27,30H,6-7,10-12,14-16H2,(H,28,31)(H,29,32)/t20-,22-,24-,27+/m0/s1. The Hall–Kier alpha value is -2.90. The normalized spacial score (nSPS) is 25.1. The maximum Gasteiger partial charge on any atom is 0.224 e. The Labute approximate surface area is 199 Å². The minimum Gasteiger partial charge on any atom is -0.487 e. The van der Waals surface area contributed by atoms with Gasteiger partial charge in [-0.25, -0.2) is 0 Å². The van der Waals surface area contributed by atoms with Gasteiger partial charge in [-0.1, -0.05) is 30.3 Å². The number of ether oxygens (including phenoxy) is 2. The molecule has 2 heterocycles. The quantitative estimate of drug-likeness (QED) is 0.530. The molecule has 1 saturated heterocycles. The molecule has 0 radical (unpaired) electrons. The Balaban J connectivity index is 1.20. The van der Waals surface area contributed by atoms with Crippen LogP contribution in [0.15, 0.2) is 48.5 Å². The molecule has 0 spiro atoms. The maximum atomic E-state index is 12.6. The second-order valence-corrected chi connectivity index (χ2v) is 9.64. The van der Waals surface area contributed by atoms with Gasteiger partial charge in [0.25, 0.3) is 0 Å². The molecule has 2 aliphatic heterocycles. The fourth-order valence-corrected chi connectivity index (χ4v) is 5.03. The SMILES string of the molecule is O=C(C[C@@H]1C[C@H]2c3cc(NC(=O)CC4CC4)ccc3O[C@H]2[C@H](CO)O1)NCCc1ccccc1. The molecule has 0 aromatic heterocycles. The van der Waals surface area contributed by atoms with E-state index < -0.39 is 6.10 Å². The van der Waals surface area contributed by atoms with Crippen LogP contribution in [0.25, 0.3) is 0 Å². The number of anilines is 1. The van der Waals surface area contributed by atoms with E-state index in [-0.39, 0.29) is 43.0 Å². The van der Waals surface area contributed by atoms with Gasteiger partial charge in [-0.15, -0.1) is 0 Å². The molecule has 0 unspecified atom stereocenters. The number of aliphatic hydroxyl groups excluding tert-OH is 1. The summed E-state index contributed by atoms with van der Waals surface area (Å²) < 4.78 is 12.2. The highest BCUT2D eigenvalue weighted by molar-refractivity contribution is 5.91.